The van der Waals surface area contributed by atoms with Crippen LogP contribution in [0.1, 0.15) is 37.6 Å². The SMILES string of the molecule is CCC(C)(C)C(=O)NC(=O)c1cc(I)cc(I)c1O. The molecule has 0 saturated heterocycles. The Hall–Kier alpha value is -0.380. The van der Waals surface area contributed by atoms with Gasteiger partial charge in [0.05, 0.1) is 9.13 Å². The van der Waals surface area contributed by atoms with Crippen LogP contribution >= 0.6 is 45.2 Å². The van der Waals surface area contributed by atoms with Gasteiger partial charge in [-0.1, -0.05) is 20.8 Å². The minimum Gasteiger partial charge on any atom is -0.506 e. The monoisotopic (exact) mass is 487 g/mol. The van der Waals surface area contributed by atoms with Gasteiger partial charge in [-0.15, -0.1) is 0 Å². The molecule has 2 amide bonds. The number of benzene rings is 1. The highest BCUT2D eigenvalue weighted by Crippen LogP contribution is 2.27. The Balaban J connectivity index is 3.00. The van der Waals surface area contributed by atoms with Crippen molar-refractivity contribution in [2.75, 3.05) is 0 Å². The Morgan fingerprint density at radius 3 is 2.42 bits per heavy atom. The van der Waals surface area contributed by atoms with Crippen molar-refractivity contribution in [3.8, 4) is 5.75 Å². The molecule has 4 nitrogen and oxygen atoms in total. The van der Waals surface area contributed by atoms with Crippen molar-refractivity contribution >= 4 is 57.0 Å². The summed E-state index contributed by atoms with van der Waals surface area (Å²) in [4.78, 5) is 24.0. The lowest BCUT2D eigenvalue weighted by molar-refractivity contribution is -0.128. The maximum absolute atomic E-state index is 12.0. The van der Waals surface area contributed by atoms with Gasteiger partial charge < -0.3 is 5.11 Å². The molecule has 0 saturated carbocycles. The first-order valence-corrected chi connectivity index (χ1v) is 7.88. The van der Waals surface area contributed by atoms with E-state index >= 15 is 0 Å². The van der Waals surface area contributed by atoms with E-state index in [1.807, 2.05) is 29.5 Å². The van der Waals surface area contributed by atoms with Crippen LogP contribution in [0, 0.1) is 12.6 Å². The van der Waals surface area contributed by atoms with E-state index in [4.69, 9.17) is 0 Å². The largest absolute Gasteiger partial charge is 0.506 e. The van der Waals surface area contributed by atoms with Gasteiger partial charge in [0.15, 0.2) is 0 Å². The molecule has 0 aliphatic heterocycles. The molecule has 0 fully saturated rings. The smallest absolute Gasteiger partial charge is 0.261 e. The summed E-state index contributed by atoms with van der Waals surface area (Å²) in [5.74, 6) is -1.01. The van der Waals surface area contributed by atoms with Gasteiger partial charge in [0.25, 0.3) is 5.91 Å². The van der Waals surface area contributed by atoms with E-state index in [1.54, 1.807) is 26.0 Å². The fourth-order valence-electron chi connectivity index (χ4n) is 1.24. The van der Waals surface area contributed by atoms with Crippen LogP contribution in [0.5, 0.6) is 5.75 Å². The number of halogens is 2. The number of hydrogen-bond acceptors (Lipinski definition) is 3. The van der Waals surface area contributed by atoms with E-state index in [2.05, 4.69) is 27.9 Å². The third-order valence-electron chi connectivity index (χ3n) is 3.00. The lowest BCUT2D eigenvalue weighted by Gasteiger charge is -2.21. The van der Waals surface area contributed by atoms with Crippen LogP contribution in [0.4, 0.5) is 0 Å². The summed E-state index contributed by atoms with van der Waals surface area (Å²) in [6.45, 7) is 5.43. The normalized spacial score (nSPS) is 11.2. The molecule has 0 spiro atoms. The highest BCUT2D eigenvalue weighted by Gasteiger charge is 2.28. The summed E-state index contributed by atoms with van der Waals surface area (Å²) in [5.41, 5.74) is -0.489. The molecule has 0 aliphatic rings. The van der Waals surface area contributed by atoms with Gasteiger partial charge in [0.2, 0.25) is 5.91 Å². The second kappa shape index (κ2) is 6.38. The van der Waals surface area contributed by atoms with Crippen molar-refractivity contribution < 1.29 is 14.7 Å². The Morgan fingerprint density at radius 2 is 1.89 bits per heavy atom. The van der Waals surface area contributed by atoms with Crippen molar-refractivity contribution in [1.82, 2.24) is 5.32 Å². The molecule has 6 heteroatoms. The van der Waals surface area contributed by atoms with Crippen LogP contribution in [0.25, 0.3) is 0 Å². The predicted molar refractivity (Wildman–Crippen MR) is 90.1 cm³/mol. The first-order valence-electron chi connectivity index (χ1n) is 5.73. The number of phenolic OH excluding ortho intramolecular Hbond substituents is 1. The van der Waals surface area contributed by atoms with Crippen LogP contribution in [-0.2, 0) is 4.79 Å². The predicted octanol–water partition coefficient (Wildman–Crippen LogP) is 3.29. The second-order valence-electron chi connectivity index (χ2n) is 4.80. The highest BCUT2D eigenvalue weighted by molar-refractivity contribution is 14.1. The van der Waals surface area contributed by atoms with Crippen molar-refractivity contribution in [1.29, 1.82) is 0 Å². The van der Waals surface area contributed by atoms with Gasteiger partial charge in [-0.2, -0.15) is 0 Å². The Morgan fingerprint density at radius 1 is 1.32 bits per heavy atom. The number of amides is 2. The van der Waals surface area contributed by atoms with Crippen molar-refractivity contribution in [3.05, 3.63) is 24.8 Å². The fraction of sp³-hybridized carbons (Fsp3) is 0.385. The van der Waals surface area contributed by atoms with E-state index in [0.717, 1.165) is 3.57 Å². The molecule has 0 unspecified atom stereocenters. The van der Waals surface area contributed by atoms with E-state index in [1.165, 1.54) is 0 Å². The summed E-state index contributed by atoms with van der Waals surface area (Å²) in [7, 11) is 0. The molecule has 0 aromatic heterocycles. The number of carbonyl (C=O) groups excluding carboxylic acids is 2. The van der Waals surface area contributed by atoms with Crippen LogP contribution in [0.15, 0.2) is 12.1 Å². The van der Waals surface area contributed by atoms with Gasteiger partial charge in [-0.3, -0.25) is 14.9 Å². The van der Waals surface area contributed by atoms with Gasteiger partial charge in [0.1, 0.15) is 5.75 Å². The van der Waals surface area contributed by atoms with Gasteiger partial charge in [-0.05, 0) is 63.7 Å². The summed E-state index contributed by atoms with van der Waals surface area (Å²) in [5, 5.41) is 12.2. The average Bonchev–Trinajstić information content (AvgIpc) is 2.33. The number of aromatic hydroxyl groups is 1. The second-order valence-corrected chi connectivity index (χ2v) is 7.21. The van der Waals surface area contributed by atoms with Crippen molar-refractivity contribution in [3.63, 3.8) is 0 Å². The zero-order chi connectivity index (χ0) is 14.8. The van der Waals surface area contributed by atoms with Gasteiger partial charge in [0, 0.05) is 8.99 Å². The number of imide groups is 1. The lowest BCUT2D eigenvalue weighted by atomic mass is 9.89. The first-order chi connectivity index (χ1) is 8.69. The molecule has 2 N–H and O–H groups in total. The number of phenols is 1. The molecule has 0 atom stereocenters. The van der Waals surface area contributed by atoms with Crippen molar-refractivity contribution in [2.45, 2.75) is 27.2 Å². The van der Waals surface area contributed by atoms with Crippen molar-refractivity contribution in [2.24, 2.45) is 5.41 Å². The molecule has 1 aromatic rings. The molecule has 0 bridgehead atoms. The quantitative estimate of drug-likeness (QED) is 0.644. The summed E-state index contributed by atoms with van der Waals surface area (Å²) in [6, 6.07) is 3.31. The van der Waals surface area contributed by atoms with Gasteiger partial charge in [-0.25, -0.2) is 0 Å². The third kappa shape index (κ3) is 4.04. The fourth-order valence-corrected chi connectivity index (χ4v) is 3.08. The summed E-state index contributed by atoms with van der Waals surface area (Å²) in [6.07, 6.45) is 0.627. The Bertz CT molecular complexity index is 527. The molecule has 1 rings (SSSR count). The zero-order valence-corrected chi connectivity index (χ0v) is 15.2. The third-order valence-corrected chi connectivity index (χ3v) is 4.44. The summed E-state index contributed by atoms with van der Waals surface area (Å²) >= 11 is 4.00. The average molecular weight is 487 g/mol. The summed E-state index contributed by atoms with van der Waals surface area (Å²) < 4.78 is 1.41. The standard InChI is InChI=1S/C13H15I2NO3/c1-4-13(2,3)12(19)16-11(18)8-5-7(14)6-9(15)10(8)17/h5-6,17H,4H2,1-3H3,(H,16,18,19). The van der Waals surface area contributed by atoms with E-state index in [0.29, 0.717) is 9.99 Å². The van der Waals surface area contributed by atoms with Crippen LogP contribution in [-0.4, -0.2) is 16.9 Å². The molecule has 0 heterocycles. The van der Waals surface area contributed by atoms with E-state index in [-0.39, 0.29) is 17.2 Å². The molecular weight excluding hydrogens is 472 g/mol. The van der Waals surface area contributed by atoms with Gasteiger partial charge >= 0.3 is 0 Å². The number of rotatable bonds is 3. The minimum atomic E-state index is -0.611. The zero-order valence-electron chi connectivity index (χ0n) is 10.9. The molecule has 0 aliphatic carbocycles. The molecule has 1 aromatic carbocycles. The van der Waals surface area contributed by atoms with E-state index < -0.39 is 11.3 Å². The Labute approximate surface area is 139 Å². The van der Waals surface area contributed by atoms with Crippen LogP contribution in [0.3, 0.4) is 0 Å². The molecule has 19 heavy (non-hydrogen) atoms. The molecular formula is C13H15I2NO3. The minimum absolute atomic E-state index is 0.0966. The number of carbonyl (C=O) groups is 2. The number of nitrogens with one attached hydrogen (secondary N) is 1. The molecule has 0 radical (unpaired) electrons. The van der Waals surface area contributed by atoms with E-state index in [9.17, 15) is 14.7 Å². The Kier molecular flexibility index (Phi) is 5.60. The van der Waals surface area contributed by atoms with Crippen LogP contribution < -0.4 is 5.32 Å². The maximum Gasteiger partial charge on any atom is 0.261 e. The molecule has 104 valence electrons. The van der Waals surface area contributed by atoms with Crippen LogP contribution in [0.2, 0.25) is 0 Å². The number of hydrogen-bond donors (Lipinski definition) is 2. The maximum atomic E-state index is 12.0. The lowest BCUT2D eigenvalue weighted by Crippen LogP contribution is -2.40. The topological polar surface area (TPSA) is 66.4 Å². The first kappa shape index (κ1) is 16.7. The highest BCUT2D eigenvalue weighted by atomic mass is 127.